The quantitative estimate of drug-likeness (QED) is 0.525. The molecule has 0 spiro atoms. The fourth-order valence-corrected chi connectivity index (χ4v) is 3.87. The van der Waals surface area contributed by atoms with Crippen LogP contribution in [0.3, 0.4) is 0 Å². The van der Waals surface area contributed by atoms with Crippen LogP contribution in [0, 0.1) is 6.92 Å². The Balaban J connectivity index is 1.52. The number of thiophene rings is 1. The second-order valence-electron chi connectivity index (χ2n) is 5.97. The van der Waals surface area contributed by atoms with Crippen molar-refractivity contribution >= 4 is 35.0 Å². The number of thioether (sulfide) groups is 1. The predicted octanol–water partition coefficient (Wildman–Crippen LogP) is 2.20. The summed E-state index contributed by atoms with van der Waals surface area (Å²) in [5.41, 5.74) is 1.69. The van der Waals surface area contributed by atoms with E-state index < -0.39 is 11.9 Å². The number of nitrogens with zero attached hydrogens (tertiary/aromatic N) is 4. The van der Waals surface area contributed by atoms with E-state index in [0.717, 1.165) is 23.7 Å². The van der Waals surface area contributed by atoms with Gasteiger partial charge in [-0.25, -0.2) is 4.79 Å². The van der Waals surface area contributed by atoms with Crippen LogP contribution in [0.5, 0.6) is 5.75 Å². The lowest BCUT2D eigenvalue weighted by atomic mass is 10.2. The number of rotatable bonds is 8. The van der Waals surface area contributed by atoms with E-state index in [2.05, 4.69) is 26.2 Å². The number of hydrogen-bond donors (Lipinski definition) is 2. The number of carbonyl (C=O) groups is 2. The van der Waals surface area contributed by atoms with E-state index in [1.807, 2.05) is 42.6 Å². The standard InChI is InChI=1S/C18H20N6O3S2/c1-12-5-6-15(27-2)14(10-12)24-18(21-22-23-24)29-11-16(25)20-17(26)19-8-7-13-4-3-9-28-13/h3-6,9-10H,7-8,11H2,1-2H3,(H2,19,20,25,26). The summed E-state index contributed by atoms with van der Waals surface area (Å²) >= 11 is 2.75. The SMILES string of the molecule is COc1ccc(C)cc1-n1nnnc1SCC(=O)NC(=O)NCCc1cccs1. The minimum atomic E-state index is -0.521. The molecular formula is C18H20N6O3S2. The first-order valence-electron chi connectivity index (χ1n) is 8.73. The highest BCUT2D eigenvalue weighted by atomic mass is 32.2. The maximum absolute atomic E-state index is 12.1. The van der Waals surface area contributed by atoms with E-state index in [0.29, 0.717) is 23.1 Å². The topological polar surface area (TPSA) is 111 Å². The highest BCUT2D eigenvalue weighted by Crippen LogP contribution is 2.26. The molecule has 0 aliphatic carbocycles. The molecule has 2 aromatic heterocycles. The molecule has 0 radical (unpaired) electrons. The van der Waals surface area contributed by atoms with Crippen LogP contribution in [0.1, 0.15) is 10.4 Å². The summed E-state index contributed by atoms with van der Waals surface area (Å²) in [7, 11) is 1.57. The van der Waals surface area contributed by atoms with E-state index >= 15 is 0 Å². The Kier molecular flexibility index (Phi) is 7.19. The fourth-order valence-electron chi connectivity index (χ4n) is 2.48. The lowest BCUT2D eigenvalue weighted by Gasteiger charge is -2.10. The molecule has 3 rings (SSSR count). The first-order chi connectivity index (χ1) is 14.1. The number of tetrazole rings is 1. The number of urea groups is 1. The van der Waals surface area contributed by atoms with Crippen LogP contribution in [0.4, 0.5) is 4.79 Å². The van der Waals surface area contributed by atoms with Gasteiger partial charge in [-0.2, -0.15) is 4.68 Å². The van der Waals surface area contributed by atoms with Gasteiger partial charge in [0.15, 0.2) is 0 Å². The van der Waals surface area contributed by atoms with Gasteiger partial charge in [-0.3, -0.25) is 10.1 Å². The third-order valence-corrected chi connectivity index (χ3v) is 5.68. The molecule has 29 heavy (non-hydrogen) atoms. The highest BCUT2D eigenvalue weighted by molar-refractivity contribution is 7.99. The Bertz CT molecular complexity index is 974. The van der Waals surface area contributed by atoms with Gasteiger partial charge < -0.3 is 10.1 Å². The molecule has 2 N–H and O–H groups in total. The summed E-state index contributed by atoms with van der Waals surface area (Å²) < 4.78 is 6.87. The summed E-state index contributed by atoms with van der Waals surface area (Å²) in [4.78, 5) is 25.1. The Hall–Kier alpha value is -2.92. The Labute approximate surface area is 175 Å². The predicted molar refractivity (Wildman–Crippen MR) is 111 cm³/mol. The number of methoxy groups -OCH3 is 1. The molecule has 0 saturated heterocycles. The first-order valence-corrected chi connectivity index (χ1v) is 10.6. The summed E-state index contributed by atoms with van der Waals surface area (Å²) in [6.45, 7) is 2.41. The molecular weight excluding hydrogens is 412 g/mol. The zero-order valence-corrected chi connectivity index (χ0v) is 17.5. The zero-order valence-electron chi connectivity index (χ0n) is 15.9. The largest absolute Gasteiger partial charge is 0.494 e. The monoisotopic (exact) mass is 432 g/mol. The van der Waals surface area contributed by atoms with Gasteiger partial charge in [0, 0.05) is 11.4 Å². The number of benzene rings is 1. The number of nitrogens with one attached hydrogen (secondary N) is 2. The van der Waals surface area contributed by atoms with Crippen molar-refractivity contribution in [3.05, 3.63) is 46.2 Å². The number of aromatic nitrogens is 4. The van der Waals surface area contributed by atoms with Crippen molar-refractivity contribution < 1.29 is 14.3 Å². The van der Waals surface area contributed by atoms with Crippen LogP contribution in [0.25, 0.3) is 5.69 Å². The minimum Gasteiger partial charge on any atom is -0.494 e. The summed E-state index contributed by atoms with van der Waals surface area (Å²) in [5, 5.41) is 19.0. The number of amides is 3. The second-order valence-corrected chi connectivity index (χ2v) is 7.95. The van der Waals surface area contributed by atoms with Crippen molar-refractivity contribution in [2.45, 2.75) is 18.5 Å². The van der Waals surface area contributed by atoms with E-state index in [9.17, 15) is 9.59 Å². The molecule has 2 heterocycles. The van der Waals surface area contributed by atoms with Gasteiger partial charge in [0.2, 0.25) is 11.1 Å². The zero-order chi connectivity index (χ0) is 20.6. The van der Waals surface area contributed by atoms with Crippen molar-refractivity contribution in [1.82, 2.24) is 30.8 Å². The second kappa shape index (κ2) is 10.0. The van der Waals surface area contributed by atoms with Gasteiger partial charge in [-0.15, -0.1) is 16.4 Å². The van der Waals surface area contributed by atoms with Crippen molar-refractivity contribution in [3.63, 3.8) is 0 Å². The average Bonchev–Trinajstić information content (AvgIpc) is 3.38. The van der Waals surface area contributed by atoms with E-state index in [1.165, 1.54) is 9.56 Å². The van der Waals surface area contributed by atoms with Crippen molar-refractivity contribution in [2.75, 3.05) is 19.4 Å². The number of aryl methyl sites for hydroxylation is 1. The van der Waals surface area contributed by atoms with Crippen molar-refractivity contribution in [2.24, 2.45) is 0 Å². The lowest BCUT2D eigenvalue weighted by molar-refractivity contribution is -0.117. The average molecular weight is 433 g/mol. The van der Waals surface area contributed by atoms with Gasteiger partial charge in [0.1, 0.15) is 11.4 Å². The molecule has 0 fully saturated rings. The third kappa shape index (κ3) is 5.78. The van der Waals surface area contributed by atoms with Gasteiger partial charge >= 0.3 is 6.03 Å². The molecule has 3 aromatic rings. The summed E-state index contributed by atoms with van der Waals surface area (Å²) in [6, 6.07) is 9.07. The molecule has 152 valence electrons. The Morgan fingerprint density at radius 1 is 1.31 bits per heavy atom. The molecule has 11 heteroatoms. The number of ether oxygens (including phenoxy) is 1. The van der Waals surface area contributed by atoms with Crippen molar-refractivity contribution in [3.8, 4) is 11.4 Å². The van der Waals surface area contributed by atoms with Crippen LogP contribution >= 0.6 is 23.1 Å². The molecule has 1 aromatic carbocycles. The van der Waals surface area contributed by atoms with Crippen LogP contribution in [0.2, 0.25) is 0 Å². The Morgan fingerprint density at radius 2 is 2.17 bits per heavy atom. The smallest absolute Gasteiger partial charge is 0.321 e. The first kappa shape index (κ1) is 20.8. The van der Waals surface area contributed by atoms with E-state index in [1.54, 1.807) is 18.4 Å². The molecule has 0 aliphatic heterocycles. The van der Waals surface area contributed by atoms with Crippen LogP contribution in [-0.4, -0.2) is 51.6 Å². The number of imide groups is 1. The van der Waals surface area contributed by atoms with Gasteiger partial charge in [-0.1, -0.05) is 23.9 Å². The van der Waals surface area contributed by atoms with Crippen molar-refractivity contribution in [1.29, 1.82) is 0 Å². The van der Waals surface area contributed by atoms with Crippen LogP contribution < -0.4 is 15.4 Å². The van der Waals surface area contributed by atoms with Crippen LogP contribution in [0.15, 0.2) is 40.9 Å². The van der Waals surface area contributed by atoms with Gasteiger partial charge in [0.05, 0.1) is 12.9 Å². The number of carbonyl (C=O) groups excluding carboxylic acids is 2. The molecule has 0 saturated carbocycles. The van der Waals surface area contributed by atoms with Gasteiger partial charge in [0.25, 0.3) is 0 Å². The van der Waals surface area contributed by atoms with Crippen LogP contribution in [-0.2, 0) is 11.2 Å². The van der Waals surface area contributed by atoms with E-state index in [4.69, 9.17) is 4.74 Å². The molecule has 0 unspecified atom stereocenters. The highest BCUT2D eigenvalue weighted by Gasteiger charge is 2.16. The molecule has 3 amide bonds. The third-order valence-electron chi connectivity index (χ3n) is 3.83. The number of hydrogen-bond acceptors (Lipinski definition) is 8. The van der Waals surface area contributed by atoms with E-state index in [-0.39, 0.29) is 5.75 Å². The molecule has 9 nitrogen and oxygen atoms in total. The normalized spacial score (nSPS) is 10.6. The maximum Gasteiger partial charge on any atom is 0.321 e. The van der Waals surface area contributed by atoms with Gasteiger partial charge in [-0.05, 0) is 52.9 Å². The summed E-state index contributed by atoms with van der Waals surface area (Å²) in [6.07, 6.45) is 0.723. The molecule has 0 aliphatic rings. The Morgan fingerprint density at radius 3 is 2.93 bits per heavy atom. The maximum atomic E-state index is 12.1. The molecule has 0 atom stereocenters. The molecule has 0 bridgehead atoms. The fraction of sp³-hybridized carbons (Fsp3) is 0.278. The minimum absolute atomic E-state index is 0.00709. The summed E-state index contributed by atoms with van der Waals surface area (Å²) in [5.74, 6) is 0.168. The lowest BCUT2D eigenvalue weighted by Crippen LogP contribution is -2.41.